The van der Waals surface area contributed by atoms with E-state index in [1.807, 2.05) is 13.8 Å². The number of thiol groups is 1. The second-order valence-electron chi connectivity index (χ2n) is 3.32. The van der Waals surface area contributed by atoms with Gasteiger partial charge in [-0.1, -0.05) is 6.92 Å². The van der Waals surface area contributed by atoms with Crippen molar-refractivity contribution in [3.8, 4) is 0 Å². The van der Waals surface area contributed by atoms with Gasteiger partial charge in [-0.15, -0.1) is 0 Å². The molecule has 2 N–H and O–H groups in total. The lowest BCUT2D eigenvalue weighted by Crippen LogP contribution is -2.49. The largest absolute Gasteiger partial charge is 0.352 e. The highest BCUT2D eigenvalue weighted by atomic mass is 32.1. The maximum atomic E-state index is 11.5. The van der Waals surface area contributed by atoms with Gasteiger partial charge in [0.05, 0.1) is 0 Å². The van der Waals surface area contributed by atoms with Crippen LogP contribution in [0.15, 0.2) is 0 Å². The van der Waals surface area contributed by atoms with Crippen LogP contribution in [-0.2, 0) is 9.59 Å². The number of nitrogens with one attached hydrogen (secondary N) is 2. The Balaban J connectivity index is 4.12. The maximum Gasteiger partial charge on any atom is 0.243 e. The molecule has 0 fully saturated rings. The summed E-state index contributed by atoms with van der Waals surface area (Å²) in [6, 6.07) is -0.461. The van der Waals surface area contributed by atoms with Crippen molar-refractivity contribution in [3.05, 3.63) is 0 Å². The van der Waals surface area contributed by atoms with Gasteiger partial charge in [-0.05, 0) is 13.8 Å². The van der Waals surface area contributed by atoms with E-state index in [2.05, 4.69) is 23.3 Å². The minimum absolute atomic E-state index is 0.0726. The summed E-state index contributed by atoms with van der Waals surface area (Å²) in [6.07, 6.45) is 0.374. The van der Waals surface area contributed by atoms with Crippen LogP contribution in [0.4, 0.5) is 0 Å². The van der Waals surface area contributed by atoms with Crippen LogP contribution in [0.5, 0.6) is 0 Å². The smallest absolute Gasteiger partial charge is 0.243 e. The molecular formula is C9H18N2O2S. The van der Waals surface area contributed by atoms with Gasteiger partial charge in [-0.25, -0.2) is 0 Å². The van der Waals surface area contributed by atoms with Crippen molar-refractivity contribution >= 4 is 24.4 Å². The fourth-order valence-electron chi connectivity index (χ4n) is 0.876. The molecule has 0 aliphatic heterocycles. The minimum atomic E-state index is -0.534. The highest BCUT2D eigenvalue weighted by Gasteiger charge is 2.18. The molecule has 0 aromatic heterocycles. The average Bonchev–Trinajstić information content (AvgIpc) is 2.12. The van der Waals surface area contributed by atoms with Crippen molar-refractivity contribution in [1.29, 1.82) is 0 Å². The Labute approximate surface area is 90.2 Å². The monoisotopic (exact) mass is 218 g/mol. The van der Waals surface area contributed by atoms with E-state index in [1.165, 1.54) is 0 Å². The molecule has 4 nitrogen and oxygen atoms in total. The van der Waals surface area contributed by atoms with Crippen LogP contribution in [0, 0.1) is 0 Å². The summed E-state index contributed by atoms with van der Waals surface area (Å²) in [6.45, 7) is 5.48. The van der Waals surface area contributed by atoms with Gasteiger partial charge in [0.1, 0.15) is 6.04 Å². The zero-order chi connectivity index (χ0) is 11.1. The summed E-state index contributed by atoms with van der Waals surface area (Å²) >= 11 is 4.02. The number of carbonyl (C=O) groups excluding carboxylic acids is 2. The first kappa shape index (κ1) is 13.3. The van der Waals surface area contributed by atoms with E-state index < -0.39 is 6.04 Å². The van der Waals surface area contributed by atoms with E-state index >= 15 is 0 Å². The summed E-state index contributed by atoms with van der Waals surface area (Å²) in [5, 5.41) is 5.31. The average molecular weight is 218 g/mol. The topological polar surface area (TPSA) is 58.2 Å². The summed E-state index contributed by atoms with van der Waals surface area (Å²) in [5.74, 6) is -0.00986. The van der Waals surface area contributed by atoms with E-state index in [-0.39, 0.29) is 17.9 Å². The van der Waals surface area contributed by atoms with Crippen LogP contribution in [0.3, 0.4) is 0 Å². The molecule has 0 saturated heterocycles. The Morgan fingerprint density at radius 2 is 1.86 bits per heavy atom. The number of amides is 2. The second-order valence-corrected chi connectivity index (χ2v) is 3.68. The first-order valence-corrected chi connectivity index (χ1v) is 5.35. The Morgan fingerprint density at radius 1 is 1.29 bits per heavy atom. The third-order valence-corrected chi connectivity index (χ3v) is 1.95. The molecule has 0 rings (SSSR count). The number of hydrogen-bond donors (Lipinski definition) is 3. The Morgan fingerprint density at radius 3 is 2.21 bits per heavy atom. The predicted molar refractivity (Wildman–Crippen MR) is 59.4 cm³/mol. The molecule has 2 amide bonds. The van der Waals surface area contributed by atoms with Gasteiger partial charge in [-0.3, -0.25) is 9.59 Å². The van der Waals surface area contributed by atoms with Crippen molar-refractivity contribution in [2.75, 3.05) is 5.75 Å². The normalized spacial score (nSPS) is 12.4. The molecule has 0 aromatic carbocycles. The maximum absolute atomic E-state index is 11.5. The van der Waals surface area contributed by atoms with Crippen LogP contribution in [0.25, 0.3) is 0 Å². The SMILES string of the molecule is CCC(=O)NC(CS)C(=O)NC(C)C. The molecule has 0 aromatic rings. The molecule has 0 aliphatic carbocycles. The zero-order valence-electron chi connectivity index (χ0n) is 8.83. The summed E-state index contributed by atoms with van der Waals surface area (Å²) in [5.41, 5.74) is 0. The van der Waals surface area contributed by atoms with Gasteiger partial charge in [0.25, 0.3) is 0 Å². The van der Waals surface area contributed by atoms with Gasteiger partial charge >= 0.3 is 0 Å². The van der Waals surface area contributed by atoms with E-state index in [4.69, 9.17) is 0 Å². The van der Waals surface area contributed by atoms with E-state index in [0.29, 0.717) is 12.2 Å². The molecule has 0 bridgehead atoms. The summed E-state index contributed by atoms with van der Waals surface area (Å²) < 4.78 is 0. The van der Waals surface area contributed by atoms with Crippen LogP contribution >= 0.6 is 12.6 Å². The minimum Gasteiger partial charge on any atom is -0.352 e. The number of carbonyl (C=O) groups is 2. The molecule has 0 aliphatic rings. The molecule has 14 heavy (non-hydrogen) atoms. The molecular weight excluding hydrogens is 200 g/mol. The first-order chi connectivity index (χ1) is 6.51. The fourth-order valence-corrected chi connectivity index (χ4v) is 1.13. The van der Waals surface area contributed by atoms with Gasteiger partial charge in [0.15, 0.2) is 0 Å². The highest BCUT2D eigenvalue weighted by molar-refractivity contribution is 7.80. The van der Waals surface area contributed by atoms with Gasteiger partial charge in [0, 0.05) is 18.2 Å². The van der Waals surface area contributed by atoms with E-state index in [1.54, 1.807) is 6.92 Å². The van der Waals surface area contributed by atoms with Gasteiger partial charge < -0.3 is 10.6 Å². The molecule has 0 heterocycles. The molecule has 5 heteroatoms. The van der Waals surface area contributed by atoms with Crippen LogP contribution in [0.2, 0.25) is 0 Å². The lowest BCUT2D eigenvalue weighted by atomic mass is 10.2. The molecule has 0 spiro atoms. The molecule has 1 unspecified atom stereocenters. The Bertz CT molecular complexity index is 207. The molecule has 1 atom stereocenters. The lowest BCUT2D eigenvalue weighted by molar-refractivity contribution is -0.128. The third kappa shape index (κ3) is 5.11. The van der Waals surface area contributed by atoms with Crippen LogP contribution in [0.1, 0.15) is 27.2 Å². The van der Waals surface area contributed by atoms with Gasteiger partial charge in [-0.2, -0.15) is 12.6 Å². The van der Waals surface area contributed by atoms with Crippen LogP contribution < -0.4 is 10.6 Å². The van der Waals surface area contributed by atoms with Gasteiger partial charge in [0.2, 0.25) is 11.8 Å². The van der Waals surface area contributed by atoms with Crippen molar-refractivity contribution < 1.29 is 9.59 Å². The first-order valence-electron chi connectivity index (χ1n) is 4.71. The van der Waals surface area contributed by atoms with Crippen molar-refractivity contribution in [2.24, 2.45) is 0 Å². The number of hydrogen-bond acceptors (Lipinski definition) is 3. The quantitative estimate of drug-likeness (QED) is 0.583. The predicted octanol–water partition coefficient (Wildman–Crippen LogP) is 0.336. The lowest BCUT2D eigenvalue weighted by Gasteiger charge is -2.17. The van der Waals surface area contributed by atoms with E-state index in [9.17, 15) is 9.59 Å². The zero-order valence-corrected chi connectivity index (χ0v) is 9.73. The summed E-state index contributed by atoms with van der Waals surface area (Å²) in [7, 11) is 0. The second kappa shape index (κ2) is 6.70. The van der Waals surface area contributed by atoms with Crippen LogP contribution in [-0.4, -0.2) is 29.7 Å². The number of rotatable bonds is 5. The van der Waals surface area contributed by atoms with E-state index in [0.717, 1.165) is 0 Å². The van der Waals surface area contributed by atoms with Crippen molar-refractivity contribution in [2.45, 2.75) is 39.3 Å². The molecule has 0 radical (unpaired) electrons. The Kier molecular flexibility index (Phi) is 6.36. The fraction of sp³-hybridized carbons (Fsp3) is 0.778. The highest BCUT2D eigenvalue weighted by Crippen LogP contribution is 1.91. The molecule has 0 saturated carbocycles. The molecule has 82 valence electrons. The van der Waals surface area contributed by atoms with Crippen molar-refractivity contribution in [1.82, 2.24) is 10.6 Å². The Hall–Kier alpha value is -0.710. The van der Waals surface area contributed by atoms with Crippen molar-refractivity contribution in [3.63, 3.8) is 0 Å². The standard InChI is InChI=1S/C9H18N2O2S/c1-4-8(12)11-7(5-14)9(13)10-6(2)3/h6-7,14H,4-5H2,1-3H3,(H,10,13)(H,11,12). The summed E-state index contributed by atoms with van der Waals surface area (Å²) in [4.78, 5) is 22.5. The third-order valence-electron chi connectivity index (χ3n) is 1.59.